The van der Waals surface area contributed by atoms with E-state index in [-0.39, 0.29) is 6.04 Å². The number of nitrogens with two attached hydrogens (primary N) is 1. The lowest BCUT2D eigenvalue weighted by Gasteiger charge is -2.17. The molecule has 0 aliphatic rings. The molecule has 1 aromatic carbocycles. The van der Waals surface area contributed by atoms with Crippen LogP contribution < -0.4 is 16.0 Å². The fraction of sp³-hybridized carbons (Fsp3) is 0.400. The predicted octanol–water partition coefficient (Wildman–Crippen LogP) is 2.39. The van der Waals surface area contributed by atoms with Crippen LogP contribution in [0.3, 0.4) is 0 Å². The molecule has 0 bridgehead atoms. The lowest BCUT2D eigenvalue weighted by atomic mass is 10.0. The van der Waals surface area contributed by atoms with Gasteiger partial charge < -0.3 is 4.74 Å². The van der Waals surface area contributed by atoms with Crippen LogP contribution in [-0.2, 0) is 12.8 Å². The highest BCUT2D eigenvalue weighted by Crippen LogP contribution is 2.22. The molecule has 20 heavy (non-hydrogen) atoms. The number of rotatable bonds is 6. The Morgan fingerprint density at radius 1 is 1.35 bits per heavy atom. The molecule has 1 heterocycles. The van der Waals surface area contributed by atoms with Crippen molar-refractivity contribution in [3.63, 3.8) is 0 Å². The quantitative estimate of drug-likeness (QED) is 0.634. The Hall–Kier alpha value is -1.43. The SMILES string of the molecule is COc1ccc(C)cc1CC(Cc1nc(C)cs1)NN. The molecular formula is C15H21N3OS. The highest BCUT2D eigenvalue weighted by atomic mass is 32.1. The molecule has 108 valence electrons. The number of nitrogens with zero attached hydrogens (tertiary/aromatic N) is 1. The molecular weight excluding hydrogens is 270 g/mol. The number of nitrogens with one attached hydrogen (secondary N) is 1. The summed E-state index contributed by atoms with van der Waals surface area (Å²) in [5, 5.41) is 3.17. The van der Waals surface area contributed by atoms with Gasteiger partial charge in [-0.1, -0.05) is 17.7 Å². The van der Waals surface area contributed by atoms with Crippen molar-refractivity contribution in [1.29, 1.82) is 0 Å². The summed E-state index contributed by atoms with van der Waals surface area (Å²) in [7, 11) is 1.70. The highest BCUT2D eigenvalue weighted by Gasteiger charge is 2.14. The minimum Gasteiger partial charge on any atom is -0.496 e. The first-order valence-corrected chi connectivity index (χ1v) is 7.51. The summed E-state index contributed by atoms with van der Waals surface area (Å²) in [5.74, 6) is 6.60. The monoisotopic (exact) mass is 291 g/mol. The van der Waals surface area contributed by atoms with Gasteiger partial charge in [0.1, 0.15) is 5.75 Å². The van der Waals surface area contributed by atoms with Crippen molar-refractivity contribution in [2.45, 2.75) is 32.7 Å². The topological polar surface area (TPSA) is 60.2 Å². The second-order valence-corrected chi connectivity index (χ2v) is 5.91. The standard InChI is InChI=1S/C15H21N3OS/c1-10-4-5-14(19-3)12(6-10)7-13(18-16)8-15-17-11(2)9-20-15/h4-6,9,13,18H,7-8,16H2,1-3H3. The number of hydrazine groups is 1. The van der Waals surface area contributed by atoms with E-state index in [1.807, 2.05) is 13.0 Å². The van der Waals surface area contributed by atoms with E-state index in [0.717, 1.165) is 29.3 Å². The lowest BCUT2D eigenvalue weighted by Crippen LogP contribution is -2.38. The maximum Gasteiger partial charge on any atom is 0.122 e. The number of methoxy groups -OCH3 is 1. The van der Waals surface area contributed by atoms with E-state index in [1.54, 1.807) is 18.4 Å². The van der Waals surface area contributed by atoms with E-state index in [0.29, 0.717) is 0 Å². The zero-order valence-electron chi connectivity index (χ0n) is 12.1. The molecule has 1 aromatic heterocycles. The summed E-state index contributed by atoms with van der Waals surface area (Å²) >= 11 is 1.68. The molecule has 0 amide bonds. The molecule has 1 unspecified atom stereocenters. The second-order valence-electron chi connectivity index (χ2n) is 4.97. The summed E-state index contributed by atoms with van der Waals surface area (Å²) in [6, 6.07) is 6.36. The molecule has 2 rings (SSSR count). The summed E-state index contributed by atoms with van der Waals surface area (Å²) in [4.78, 5) is 4.49. The molecule has 5 heteroatoms. The molecule has 0 aliphatic heterocycles. The van der Waals surface area contributed by atoms with Gasteiger partial charge in [0.15, 0.2) is 0 Å². The minimum absolute atomic E-state index is 0.149. The van der Waals surface area contributed by atoms with E-state index in [9.17, 15) is 0 Å². The number of thiazole rings is 1. The zero-order valence-corrected chi connectivity index (χ0v) is 13.0. The van der Waals surface area contributed by atoms with E-state index in [1.165, 1.54) is 11.1 Å². The van der Waals surface area contributed by atoms with Crippen LogP contribution >= 0.6 is 11.3 Å². The molecule has 0 radical (unpaired) electrons. The average Bonchev–Trinajstić information content (AvgIpc) is 2.83. The Kier molecular flexibility index (Phi) is 5.11. The van der Waals surface area contributed by atoms with Gasteiger partial charge in [0.05, 0.1) is 12.1 Å². The van der Waals surface area contributed by atoms with Crippen molar-refractivity contribution in [3.8, 4) is 5.75 Å². The molecule has 4 nitrogen and oxygen atoms in total. The van der Waals surface area contributed by atoms with Crippen molar-refractivity contribution in [2.75, 3.05) is 7.11 Å². The van der Waals surface area contributed by atoms with Crippen molar-refractivity contribution >= 4 is 11.3 Å². The molecule has 0 aliphatic carbocycles. The summed E-state index contributed by atoms with van der Waals surface area (Å²) in [6.07, 6.45) is 1.64. The van der Waals surface area contributed by atoms with E-state index >= 15 is 0 Å². The Balaban J connectivity index is 2.11. The number of aromatic nitrogens is 1. The first kappa shape index (κ1) is 15.0. The molecule has 0 saturated heterocycles. The molecule has 0 fully saturated rings. The summed E-state index contributed by atoms with van der Waals surface area (Å²) in [5.41, 5.74) is 6.35. The molecule has 2 aromatic rings. The van der Waals surface area contributed by atoms with Crippen molar-refractivity contribution in [3.05, 3.63) is 45.4 Å². The van der Waals surface area contributed by atoms with Crippen LogP contribution in [0, 0.1) is 13.8 Å². The van der Waals surface area contributed by atoms with E-state index in [4.69, 9.17) is 10.6 Å². The Morgan fingerprint density at radius 2 is 2.15 bits per heavy atom. The van der Waals surface area contributed by atoms with Gasteiger partial charge in [0.2, 0.25) is 0 Å². The molecule has 3 N–H and O–H groups in total. The first-order valence-electron chi connectivity index (χ1n) is 6.63. The van der Waals surface area contributed by atoms with Gasteiger partial charge in [-0.25, -0.2) is 4.98 Å². The van der Waals surface area contributed by atoms with Crippen LogP contribution in [0.4, 0.5) is 0 Å². The fourth-order valence-corrected chi connectivity index (χ4v) is 3.08. The van der Waals surface area contributed by atoms with Crippen LogP contribution in [0.1, 0.15) is 21.8 Å². The van der Waals surface area contributed by atoms with Crippen LogP contribution in [0.15, 0.2) is 23.6 Å². The van der Waals surface area contributed by atoms with Crippen LogP contribution in [0.25, 0.3) is 0 Å². The van der Waals surface area contributed by atoms with Gasteiger partial charge in [-0.05, 0) is 31.9 Å². The van der Waals surface area contributed by atoms with Gasteiger partial charge in [-0.2, -0.15) is 0 Å². The highest BCUT2D eigenvalue weighted by molar-refractivity contribution is 7.09. The lowest BCUT2D eigenvalue weighted by molar-refractivity contribution is 0.404. The third-order valence-corrected chi connectivity index (χ3v) is 4.21. The number of hydrogen-bond donors (Lipinski definition) is 2. The number of benzene rings is 1. The average molecular weight is 291 g/mol. The van der Waals surface area contributed by atoms with E-state index in [2.05, 4.69) is 34.8 Å². The van der Waals surface area contributed by atoms with Crippen molar-refractivity contribution < 1.29 is 4.74 Å². The Morgan fingerprint density at radius 3 is 2.75 bits per heavy atom. The second kappa shape index (κ2) is 6.83. The third-order valence-electron chi connectivity index (χ3n) is 3.23. The van der Waals surface area contributed by atoms with Crippen LogP contribution in [-0.4, -0.2) is 18.1 Å². The first-order chi connectivity index (χ1) is 9.62. The van der Waals surface area contributed by atoms with Crippen LogP contribution in [0.2, 0.25) is 0 Å². The van der Waals surface area contributed by atoms with Gasteiger partial charge in [-0.15, -0.1) is 11.3 Å². The Bertz CT molecular complexity index is 568. The maximum absolute atomic E-state index is 5.69. The molecule has 0 saturated carbocycles. The normalized spacial score (nSPS) is 12.4. The summed E-state index contributed by atoms with van der Waals surface area (Å²) in [6.45, 7) is 4.09. The predicted molar refractivity (Wildman–Crippen MR) is 83.1 cm³/mol. The fourth-order valence-electron chi connectivity index (χ4n) is 2.23. The van der Waals surface area contributed by atoms with Crippen molar-refractivity contribution in [1.82, 2.24) is 10.4 Å². The van der Waals surface area contributed by atoms with Gasteiger partial charge in [0.25, 0.3) is 0 Å². The van der Waals surface area contributed by atoms with Crippen LogP contribution in [0.5, 0.6) is 5.75 Å². The van der Waals surface area contributed by atoms with Crippen molar-refractivity contribution in [2.24, 2.45) is 5.84 Å². The summed E-state index contributed by atoms with van der Waals surface area (Å²) < 4.78 is 5.42. The third kappa shape index (κ3) is 3.79. The number of hydrogen-bond acceptors (Lipinski definition) is 5. The largest absolute Gasteiger partial charge is 0.496 e. The smallest absolute Gasteiger partial charge is 0.122 e. The zero-order chi connectivity index (χ0) is 14.5. The van der Waals surface area contributed by atoms with E-state index < -0.39 is 0 Å². The Labute approximate surface area is 124 Å². The maximum atomic E-state index is 5.69. The van der Waals surface area contributed by atoms with Gasteiger partial charge in [-0.3, -0.25) is 11.3 Å². The van der Waals surface area contributed by atoms with Gasteiger partial charge >= 0.3 is 0 Å². The molecule has 1 atom stereocenters. The number of ether oxygens (including phenoxy) is 1. The molecule has 0 spiro atoms. The van der Waals surface area contributed by atoms with Gasteiger partial charge in [0, 0.05) is 23.5 Å². The number of aryl methyl sites for hydroxylation is 2. The minimum atomic E-state index is 0.149.